The molecule has 4 rings (SSSR count). The molecule has 0 aliphatic carbocycles. The van der Waals surface area contributed by atoms with Gasteiger partial charge in [-0.25, -0.2) is 0 Å². The third-order valence-corrected chi connectivity index (χ3v) is 6.62. The van der Waals surface area contributed by atoms with Gasteiger partial charge in [0.2, 0.25) is 5.95 Å². The predicted molar refractivity (Wildman–Crippen MR) is 143 cm³/mol. The molecule has 7 nitrogen and oxygen atoms in total. The molecule has 0 radical (unpaired) electrons. The van der Waals surface area contributed by atoms with E-state index in [1.807, 2.05) is 0 Å². The normalized spacial score (nSPS) is 21.1. The Kier molecular flexibility index (Phi) is 7.85. The minimum atomic E-state index is 0.576. The molecule has 3 heterocycles. The van der Waals surface area contributed by atoms with Gasteiger partial charge in [0.05, 0.1) is 0 Å². The van der Waals surface area contributed by atoms with E-state index in [0.29, 0.717) is 22.9 Å². The van der Waals surface area contributed by atoms with Crippen molar-refractivity contribution in [2.75, 3.05) is 65.8 Å². The number of piperidine rings is 1. The van der Waals surface area contributed by atoms with Gasteiger partial charge in [-0.2, -0.15) is 9.97 Å². The van der Waals surface area contributed by atoms with Crippen LogP contribution in [-0.4, -0.2) is 60.9 Å². The Morgan fingerprint density at radius 2 is 1.55 bits per heavy atom. The zero-order valence-electron chi connectivity index (χ0n) is 20.1. The molecule has 33 heavy (non-hydrogen) atoms. The van der Waals surface area contributed by atoms with Gasteiger partial charge in [-0.05, 0) is 49.0 Å². The predicted octanol–water partition coefficient (Wildman–Crippen LogP) is 3.98. The van der Waals surface area contributed by atoms with E-state index in [0.717, 1.165) is 63.9 Å². The van der Waals surface area contributed by atoms with Crippen LogP contribution in [0, 0.1) is 11.8 Å². The minimum absolute atomic E-state index is 0.576. The van der Waals surface area contributed by atoms with Gasteiger partial charge < -0.3 is 25.3 Å². The van der Waals surface area contributed by atoms with E-state index in [1.54, 1.807) is 0 Å². The maximum Gasteiger partial charge on any atom is 0.232 e. The molecule has 2 aliphatic rings. The zero-order chi connectivity index (χ0) is 23.2. The van der Waals surface area contributed by atoms with E-state index < -0.39 is 0 Å². The molecule has 2 atom stereocenters. The number of rotatable bonds is 6. The first-order valence-electron chi connectivity index (χ1n) is 12.3. The quantitative estimate of drug-likeness (QED) is 0.619. The fraction of sp³-hybridized carbons (Fsp3) is 0.560. The van der Waals surface area contributed by atoms with Crippen LogP contribution < -0.4 is 25.3 Å². The van der Waals surface area contributed by atoms with Crippen LogP contribution in [0.5, 0.6) is 0 Å². The summed E-state index contributed by atoms with van der Waals surface area (Å²) in [7, 11) is 0. The molecule has 2 aromatic rings. The van der Waals surface area contributed by atoms with Crippen molar-refractivity contribution in [1.29, 1.82) is 0 Å². The standard InChI is InChI=1S/C25H37N7S/c1-4-10-26-25(33)29-24-27-22(16-23(28-24)32-17-19(2)15-20(3)18-32)31-13-11-30(12-14-31)21-8-6-5-7-9-21/h5-9,16,19-20H,4,10-15,17-18H2,1-3H3,(H2,26,27,28,29,33)/t19-,20-/m1/s1. The van der Waals surface area contributed by atoms with Crippen molar-refractivity contribution < 1.29 is 0 Å². The van der Waals surface area contributed by atoms with Gasteiger partial charge in [0, 0.05) is 57.6 Å². The van der Waals surface area contributed by atoms with E-state index in [9.17, 15) is 0 Å². The maximum absolute atomic E-state index is 5.47. The Bertz CT molecular complexity index is 904. The number of nitrogens with one attached hydrogen (secondary N) is 2. The smallest absolute Gasteiger partial charge is 0.232 e. The van der Waals surface area contributed by atoms with Crippen molar-refractivity contribution >= 4 is 40.6 Å². The van der Waals surface area contributed by atoms with Crippen LogP contribution in [0.4, 0.5) is 23.3 Å². The molecule has 2 saturated heterocycles. The van der Waals surface area contributed by atoms with Crippen LogP contribution in [0.3, 0.4) is 0 Å². The van der Waals surface area contributed by atoms with Gasteiger partial charge in [0.15, 0.2) is 5.11 Å². The van der Waals surface area contributed by atoms with E-state index in [1.165, 1.54) is 12.1 Å². The zero-order valence-corrected chi connectivity index (χ0v) is 20.9. The summed E-state index contributed by atoms with van der Waals surface area (Å²) >= 11 is 5.47. The topological polar surface area (TPSA) is 59.6 Å². The fourth-order valence-corrected chi connectivity index (χ4v) is 5.06. The summed E-state index contributed by atoms with van der Waals surface area (Å²) in [5, 5.41) is 7.03. The van der Waals surface area contributed by atoms with Crippen molar-refractivity contribution in [3.63, 3.8) is 0 Å². The lowest BCUT2D eigenvalue weighted by Gasteiger charge is -2.38. The molecule has 1 aromatic carbocycles. The van der Waals surface area contributed by atoms with Crippen molar-refractivity contribution in [1.82, 2.24) is 15.3 Å². The molecule has 1 aromatic heterocycles. The molecular weight excluding hydrogens is 430 g/mol. The average molecular weight is 468 g/mol. The first kappa shape index (κ1) is 23.5. The van der Waals surface area contributed by atoms with Gasteiger partial charge in [-0.1, -0.05) is 39.0 Å². The number of hydrogen-bond acceptors (Lipinski definition) is 6. The molecule has 2 fully saturated rings. The maximum atomic E-state index is 5.47. The van der Waals surface area contributed by atoms with Crippen molar-refractivity contribution in [2.45, 2.75) is 33.6 Å². The lowest BCUT2D eigenvalue weighted by Crippen LogP contribution is -2.47. The summed E-state index contributed by atoms with van der Waals surface area (Å²) in [4.78, 5) is 17.0. The number of para-hydroxylation sites is 1. The molecule has 0 unspecified atom stereocenters. The number of anilines is 4. The van der Waals surface area contributed by atoms with Crippen LogP contribution in [0.1, 0.15) is 33.6 Å². The fourth-order valence-electron chi connectivity index (χ4n) is 4.87. The molecule has 2 aliphatic heterocycles. The molecular formula is C25H37N7S. The highest BCUT2D eigenvalue weighted by Crippen LogP contribution is 2.29. The lowest BCUT2D eigenvalue weighted by molar-refractivity contribution is 0.355. The van der Waals surface area contributed by atoms with Crippen LogP contribution in [-0.2, 0) is 0 Å². The summed E-state index contributed by atoms with van der Waals surface area (Å²) < 4.78 is 0. The third-order valence-electron chi connectivity index (χ3n) is 6.38. The minimum Gasteiger partial charge on any atom is -0.368 e. The third kappa shape index (κ3) is 6.25. The van der Waals surface area contributed by atoms with Crippen LogP contribution in [0.25, 0.3) is 0 Å². The molecule has 178 valence electrons. The van der Waals surface area contributed by atoms with E-state index >= 15 is 0 Å². The van der Waals surface area contributed by atoms with Gasteiger partial charge in [0.25, 0.3) is 0 Å². The molecule has 0 spiro atoms. The number of piperazine rings is 1. The molecule has 0 amide bonds. The average Bonchev–Trinajstić information content (AvgIpc) is 2.82. The van der Waals surface area contributed by atoms with E-state index in [2.05, 4.69) is 82.5 Å². The number of thiocarbonyl (C=S) groups is 1. The SMILES string of the molecule is CCCNC(=S)Nc1nc(N2CCN(c3ccccc3)CC2)cc(N2C[C@H](C)C[C@@H](C)C2)n1. The highest BCUT2D eigenvalue weighted by molar-refractivity contribution is 7.80. The summed E-state index contributed by atoms with van der Waals surface area (Å²) in [6.07, 6.45) is 2.29. The lowest BCUT2D eigenvalue weighted by atomic mass is 9.92. The summed E-state index contributed by atoms with van der Waals surface area (Å²) in [5.74, 6) is 3.85. The largest absolute Gasteiger partial charge is 0.368 e. The first-order chi connectivity index (χ1) is 16.0. The van der Waals surface area contributed by atoms with Gasteiger partial charge in [-0.15, -0.1) is 0 Å². The number of nitrogens with zero attached hydrogens (tertiary/aromatic N) is 5. The number of hydrogen-bond donors (Lipinski definition) is 2. The summed E-state index contributed by atoms with van der Waals surface area (Å²) in [6.45, 7) is 13.5. The Morgan fingerprint density at radius 1 is 0.939 bits per heavy atom. The van der Waals surface area contributed by atoms with Crippen LogP contribution >= 0.6 is 12.2 Å². The second-order valence-corrected chi connectivity index (χ2v) is 9.86. The Labute approximate surface area is 203 Å². The molecule has 0 saturated carbocycles. The van der Waals surface area contributed by atoms with E-state index in [4.69, 9.17) is 22.2 Å². The van der Waals surface area contributed by atoms with Crippen molar-refractivity contribution in [2.24, 2.45) is 11.8 Å². The molecule has 8 heteroatoms. The Hall–Kier alpha value is -2.61. The summed E-state index contributed by atoms with van der Waals surface area (Å²) in [5.41, 5.74) is 1.28. The Balaban J connectivity index is 1.53. The highest BCUT2D eigenvalue weighted by Gasteiger charge is 2.25. The second kappa shape index (κ2) is 11.0. The van der Waals surface area contributed by atoms with Gasteiger partial charge in [0.1, 0.15) is 11.6 Å². The molecule has 0 bridgehead atoms. The van der Waals surface area contributed by atoms with Crippen LogP contribution in [0.15, 0.2) is 36.4 Å². The summed E-state index contributed by atoms with van der Waals surface area (Å²) in [6, 6.07) is 12.8. The first-order valence-corrected chi connectivity index (χ1v) is 12.7. The second-order valence-electron chi connectivity index (χ2n) is 9.45. The molecule has 2 N–H and O–H groups in total. The number of benzene rings is 1. The van der Waals surface area contributed by atoms with Gasteiger partial charge in [-0.3, -0.25) is 0 Å². The highest BCUT2D eigenvalue weighted by atomic mass is 32.1. The van der Waals surface area contributed by atoms with Crippen LogP contribution in [0.2, 0.25) is 0 Å². The number of aromatic nitrogens is 2. The van der Waals surface area contributed by atoms with E-state index in [-0.39, 0.29) is 0 Å². The Morgan fingerprint density at radius 3 is 2.18 bits per heavy atom. The van der Waals surface area contributed by atoms with Crippen molar-refractivity contribution in [3.05, 3.63) is 36.4 Å². The monoisotopic (exact) mass is 467 g/mol. The van der Waals surface area contributed by atoms with Crippen molar-refractivity contribution in [3.8, 4) is 0 Å². The van der Waals surface area contributed by atoms with Gasteiger partial charge >= 0.3 is 0 Å².